The molecule has 0 aliphatic carbocycles. The van der Waals surface area contributed by atoms with E-state index in [0.717, 1.165) is 32.4 Å². The topological polar surface area (TPSA) is 80.6 Å². The molecule has 27 heavy (non-hydrogen) atoms. The highest BCUT2D eigenvalue weighted by molar-refractivity contribution is 7.92. The van der Waals surface area contributed by atoms with Crippen molar-refractivity contribution < 1.29 is 17.9 Å². The Hall–Kier alpha value is -2.48. The van der Waals surface area contributed by atoms with Gasteiger partial charge in [-0.2, -0.15) is 0 Å². The summed E-state index contributed by atoms with van der Waals surface area (Å²) in [6.45, 7) is 3.14. The number of nitrogens with one attached hydrogen (secondary N) is 1. The first-order valence-corrected chi connectivity index (χ1v) is 10.4. The number of ether oxygens (including phenoxy) is 1. The molecule has 8 heteroatoms. The first-order valence-electron chi connectivity index (χ1n) is 8.96. The molecule has 1 aliphatic heterocycles. The van der Waals surface area contributed by atoms with Crippen LogP contribution >= 0.6 is 0 Å². The number of carbonyl (C=O) groups excluding carboxylic acids is 1. The molecule has 1 fully saturated rings. The molecule has 0 spiro atoms. The molecule has 1 saturated heterocycles. The number of amides is 1. The summed E-state index contributed by atoms with van der Waals surface area (Å²) in [7, 11) is -0.542. The van der Waals surface area contributed by atoms with Crippen LogP contribution in [-0.2, 0) is 17.1 Å². The van der Waals surface area contributed by atoms with Gasteiger partial charge in [0.15, 0.2) is 0 Å². The van der Waals surface area contributed by atoms with Gasteiger partial charge in [0.2, 0.25) is 0 Å². The molecule has 0 bridgehead atoms. The van der Waals surface area contributed by atoms with Crippen LogP contribution < -0.4 is 9.46 Å². The molecule has 0 saturated carbocycles. The summed E-state index contributed by atoms with van der Waals surface area (Å²) < 4.78 is 35.0. The summed E-state index contributed by atoms with van der Waals surface area (Å²) in [5.74, 6) is 0.523. The monoisotopic (exact) mass is 391 g/mol. The van der Waals surface area contributed by atoms with Gasteiger partial charge in [0.25, 0.3) is 15.9 Å². The molecule has 146 valence electrons. The van der Waals surface area contributed by atoms with E-state index in [-0.39, 0.29) is 10.8 Å². The number of anilines is 1. The van der Waals surface area contributed by atoms with E-state index in [1.807, 2.05) is 0 Å². The van der Waals surface area contributed by atoms with Crippen molar-refractivity contribution in [1.82, 2.24) is 9.47 Å². The predicted octanol–water partition coefficient (Wildman–Crippen LogP) is 2.77. The fourth-order valence-electron chi connectivity index (χ4n) is 3.28. The number of nitrogens with zero attached hydrogens (tertiary/aromatic N) is 2. The van der Waals surface area contributed by atoms with Gasteiger partial charge in [-0.25, -0.2) is 8.42 Å². The Labute approximate surface area is 160 Å². The van der Waals surface area contributed by atoms with Gasteiger partial charge in [0, 0.05) is 31.5 Å². The van der Waals surface area contributed by atoms with Gasteiger partial charge in [0.1, 0.15) is 16.3 Å². The Morgan fingerprint density at radius 1 is 1.11 bits per heavy atom. The fourth-order valence-corrected chi connectivity index (χ4v) is 4.63. The van der Waals surface area contributed by atoms with Gasteiger partial charge in [-0.3, -0.25) is 9.52 Å². The van der Waals surface area contributed by atoms with Crippen molar-refractivity contribution in [3.8, 4) is 5.75 Å². The molecule has 0 unspecified atom stereocenters. The Balaban J connectivity index is 1.87. The Morgan fingerprint density at radius 3 is 2.33 bits per heavy atom. The molecule has 1 aromatic heterocycles. The number of hydrogen-bond acceptors (Lipinski definition) is 4. The molecular formula is C19H25N3O4S. The number of methoxy groups -OCH3 is 1. The van der Waals surface area contributed by atoms with Crippen molar-refractivity contribution in [1.29, 1.82) is 0 Å². The van der Waals surface area contributed by atoms with Gasteiger partial charge in [0.05, 0.1) is 7.11 Å². The fraction of sp³-hybridized carbons (Fsp3) is 0.421. The van der Waals surface area contributed by atoms with E-state index < -0.39 is 10.0 Å². The summed E-state index contributed by atoms with van der Waals surface area (Å²) in [6.07, 6.45) is 3.10. The third-order valence-electron chi connectivity index (χ3n) is 4.98. The minimum absolute atomic E-state index is 0.112. The highest BCUT2D eigenvalue weighted by Crippen LogP contribution is 2.25. The number of aromatic nitrogens is 1. The second kappa shape index (κ2) is 7.64. The van der Waals surface area contributed by atoms with Gasteiger partial charge in [-0.1, -0.05) is 0 Å². The average Bonchev–Trinajstić information content (AvgIpc) is 2.98. The van der Waals surface area contributed by atoms with E-state index in [9.17, 15) is 13.2 Å². The van der Waals surface area contributed by atoms with Gasteiger partial charge >= 0.3 is 0 Å². The smallest absolute Gasteiger partial charge is 0.270 e. The average molecular weight is 391 g/mol. The van der Waals surface area contributed by atoms with Crippen LogP contribution in [0.5, 0.6) is 5.75 Å². The van der Waals surface area contributed by atoms with Crippen molar-refractivity contribution in [2.75, 3.05) is 24.9 Å². The molecule has 0 atom stereocenters. The maximum atomic E-state index is 12.9. The van der Waals surface area contributed by atoms with Crippen molar-refractivity contribution in [2.24, 2.45) is 7.05 Å². The van der Waals surface area contributed by atoms with Crippen LogP contribution in [0.25, 0.3) is 0 Å². The van der Waals surface area contributed by atoms with E-state index in [2.05, 4.69) is 4.72 Å². The zero-order valence-electron chi connectivity index (χ0n) is 15.9. The molecule has 0 radical (unpaired) electrons. The summed E-state index contributed by atoms with van der Waals surface area (Å²) in [5, 5.41) is 0. The first kappa shape index (κ1) is 19.3. The maximum absolute atomic E-state index is 12.9. The van der Waals surface area contributed by atoms with Crippen LogP contribution in [0.2, 0.25) is 0 Å². The van der Waals surface area contributed by atoms with Crippen molar-refractivity contribution in [3.05, 3.63) is 41.7 Å². The largest absolute Gasteiger partial charge is 0.497 e. The highest BCUT2D eigenvalue weighted by Gasteiger charge is 2.27. The molecule has 2 aromatic rings. The normalized spacial score (nSPS) is 14.9. The molecule has 7 nitrogen and oxygen atoms in total. The van der Waals surface area contributed by atoms with Gasteiger partial charge in [-0.15, -0.1) is 0 Å². The molecule has 2 heterocycles. The summed E-state index contributed by atoms with van der Waals surface area (Å²) in [4.78, 5) is 14.7. The van der Waals surface area contributed by atoms with E-state index in [4.69, 9.17) is 4.74 Å². The number of benzene rings is 1. The van der Waals surface area contributed by atoms with Crippen molar-refractivity contribution >= 4 is 21.6 Å². The lowest BCUT2D eigenvalue weighted by Crippen LogP contribution is -2.36. The maximum Gasteiger partial charge on any atom is 0.270 e. The Morgan fingerprint density at radius 2 is 1.74 bits per heavy atom. The van der Waals surface area contributed by atoms with Crippen LogP contribution in [0.3, 0.4) is 0 Å². The van der Waals surface area contributed by atoms with E-state index in [0.29, 0.717) is 22.8 Å². The molecular weight excluding hydrogens is 366 g/mol. The minimum Gasteiger partial charge on any atom is -0.497 e. The number of piperidine rings is 1. The third-order valence-corrected chi connectivity index (χ3v) is 6.48. The lowest BCUT2D eigenvalue weighted by molar-refractivity contribution is 0.0714. The molecule has 1 N–H and O–H groups in total. The van der Waals surface area contributed by atoms with Crippen LogP contribution in [0, 0.1) is 6.92 Å². The van der Waals surface area contributed by atoms with Crippen LogP contribution in [0.1, 0.15) is 35.4 Å². The number of hydrogen-bond donors (Lipinski definition) is 1. The Bertz CT molecular complexity index is 927. The number of likely N-dealkylation sites (tertiary alicyclic amines) is 1. The number of carbonyl (C=O) groups is 1. The Kier molecular flexibility index (Phi) is 5.46. The molecule has 1 amide bonds. The zero-order valence-corrected chi connectivity index (χ0v) is 16.7. The quantitative estimate of drug-likeness (QED) is 0.850. The summed E-state index contributed by atoms with van der Waals surface area (Å²) in [5.41, 5.74) is 1.35. The van der Waals surface area contributed by atoms with E-state index in [1.165, 1.54) is 6.07 Å². The number of rotatable bonds is 5. The minimum atomic E-state index is -3.81. The van der Waals surface area contributed by atoms with Crippen molar-refractivity contribution in [2.45, 2.75) is 31.1 Å². The summed E-state index contributed by atoms with van der Waals surface area (Å²) >= 11 is 0. The van der Waals surface area contributed by atoms with Crippen LogP contribution in [0.4, 0.5) is 5.69 Å². The second-order valence-corrected chi connectivity index (χ2v) is 8.38. The summed E-state index contributed by atoms with van der Waals surface area (Å²) in [6, 6.07) is 8.10. The highest BCUT2D eigenvalue weighted by atomic mass is 32.2. The lowest BCUT2D eigenvalue weighted by Gasteiger charge is -2.26. The zero-order chi connectivity index (χ0) is 19.6. The molecule has 3 rings (SSSR count). The van der Waals surface area contributed by atoms with Gasteiger partial charge in [-0.05, 0) is 56.5 Å². The van der Waals surface area contributed by atoms with E-state index >= 15 is 0 Å². The lowest BCUT2D eigenvalue weighted by atomic mass is 10.1. The van der Waals surface area contributed by atoms with Crippen LogP contribution in [-0.4, -0.2) is 44.0 Å². The third kappa shape index (κ3) is 3.95. The molecule has 1 aromatic carbocycles. The van der Waals surface area contributed by atoms with Crippen molar-refractivity contribution in [3.63, 3.8) is 0 Å². The molecule has 1 aliphatic rings. The SMILES string of the molecule is COc1ccc(NS(=O)(=O)c2cc(C(=O)N3CCCCC3)n(C)c2C)cc1. The number of sulfonamides is 1. The van der Waals surface area contributed by atoms with Gasteiger partial charge < -0.3 is 14.2 Å². The second-order valence-electron chi connectivity index (χ2n) is 6.73. The standard InChI is InChI=1S/C19H25N3O4S/c1-14-18(27(24,25)20-15-7-9-16(26-3)10-8-15)13-17(21(14)2)19(23)22-11-5-4-6-12-22/h7-10,13,20H,4-6,11-12H2,1-3H3. The van der Waals surface area contributed by atoms with Crippen LogP contribution in [0.15, 0.2) is 35.2 Å². The first-order chi connectivity index (χ1) is 12.8. The predicted molar refractivity (Wildman–Crippen MR) is 104 cm³/mol. The van der Waals surface area contributed by atoms with E-state index in [1.54, 1.807) is 54.8 Å².